The van der Waals surface area contributed by atoms with Crippen LogP contribution in [0.15, 0.2) is 62.9 Å². The largest absolute Gasteiger partial charge is 0.475 e. The van der Waals surface area contributed by atoms with Crippen LogP contribution in [0.1, 0.15) is 72.4 Å². The van der Waals surface area contributed by atoms with Crippen molar-refractivity contribution in [2.24, 2.45) is 5.92 Å². The Bertz CT molecular complexity index is 2030. The molecular formula is C37H61N4O12PSi2. The van der Waals surface area contributed by atoms with Gasteiger partial charge in [-0.1, -0.05) is 66.8 Å². The number of aryl methyl sites for hydroxylation is 1. The number of allylic oxidation sites excluding steroid dienone is 1. The van der Waals surface area contributed by atoms with Gasteiger partial charge in [-0.05, 0) is 36.5 Å². The molecule has 0 spiro atoms. The van der Waals surface area contributed by atoms with Crippen molar-refractivity contribution in [2.75, 3.05) is 19.8 Å². The lowest BCUT2D eigenvalue weighted by atomic mass is 9.96. The number of ether oxygens (including phenoxy) is 2. The molecule has 2 saturated heterocycles. The van der Waals surface area contributed by atoms with Gasteiger partial charge in [-0.3, -0.25) is 42.3 Å². The summed E-state index contributed by atoms with van der Waals surface area (Å²) in [6.45, 7) is 29.0. The van der Waals surface area contributed by atoms with Gasteiger partial charge in [0, 0.05) is 36.4 Å². The Kier molecular flexibility index (Phi) is 13.8. The molecule has 0 bridgehead atoms. The van der Waals surface area contributed by atoms with Gasteiger partial charge in [-0.25, -0.2) is 14.2 Å². The molecule has 2 aromatic rings. The van der Waals surface area contributed by atoms with Crippen LogP contribution in [-0.4, -0.2) is 84.0 Å². The van der Waals surface area contributed by atoms with E-state index in [1.54, 1.807) is 13.0 Å². The quantitative estimate of drug-likeness (QED) is 0.112. The predicted octanol–water partition coefficient (Wildman–Crippen LogP) is 5.29. The van der Waals surface area contributed by atoms with Gasteiger partial charge in [0.2, 0.25) is 0 Å². The fourth-order valence-corrected chi connectivity index (χ4v) is 12.0. The van der Waals surface area contributed by atoms with Crippen LogP contribution in [0.5, 0.6) is 0 Å². The van der Waals surface area contributed by atoms with Gasteiger partial charge in [-0.2, -0.15) is 0 Å². The van der Waals surface area contributed by atoms with E-state index in [9.17, 15) is 28.8 Å². The van der Waals surface area contributed by atoms with E-state index >= 15 is 0 Å². The monoisotopic (exact) mass is 840 g/mol. The maximum Gasteiger partial charge on any atom is 0.475 e. The summed E-state index contributed by atoms with van der Waals surface area (Å²) in [5.74, 6) is -0.694. The van der Waals surface area contributed by atoms with Gasteiger partial charge in [-0.15, -0.1) is 13.2 Å². The summed E-state index contributed by atoms with van der Waals surface area (Å²) in [5.41, 5.74) is -2.25. The molecule has 56 heavy (non-hydrogen) atoms. The highest BCUT2D eigenvalue weighted by Crippen LogP contribution is 2.57. The minimum Gasteiger partial charge on any atom is -0.414 e. The summed E-state index contributed by atoms with van der Waals surface area (Å²) >= 11 is 0. The number of H-pyrrole nitrogens is 2. The van der Waals surface area contributed by atoms with Crippen LogP contribution in [0.25, 0.3) is 0 Å². The molecule has 0 radical (unpaired) electrons. The number of hydrogen-bond donors (Lipinski definition) is 3. The zero-order chi connectivity index (χ0) is 42.2. The summed E-state index contributed by atoms with van der Waals surface area (Å²) in [6.07, 6.45) is 0.865. The number of aromatic nitrogens is 4. The lowest BCUT2D eigenvalue weighted by Gasteiger charge is -2.49. The molecule has 2 aliphatic heterocycles. The molecule has 314 valence electrons. The maximum atomic E-state index is 14.9. The van der Waals surface area contributed by atoms with Gasteiger partial charge in [0.1, 0.15) is 30.8 Å². The average Bonchev–Trinajstić information content (AvgIpc) is 3.60. The Morgan fingerprint density at radius 2 is 1.61 bits per heavy atom. The van der Waals surface area contributed by atoms with Crippen LogP contribution in [0.2, 0.25) is 36.3 Å². The number of nitrogens with zero attached hydrogens (tertiary/aromatic N) is 2. The maximum absolute atomic E-state index is 14.9. The average molecular weight is 841 g/mol. The van der Waals surface area contributed by atoms with Crippen LogP contribution in [0.4, 0.5) is 0 Å². The van der Waals surface area contributed by atoms with Crippen LogP contribution < -0.4 is 22.5 Å². The zero-order valence-corrected chi connectivity index (χ0v) is 37.5. The Balaban J connectivity index is 1.75. The molecular weight excluding hydrogens is 780 g/mol. The molecule has 0 amide bonds. The summed E-state index contributed by atoms with van der Waals surface area (Å²) in [4.78, 5) is 54.8. The van der Waals surface area contributed by atoms with Crippen molar-refractivity contribution in [3.63, 3.8) is 0 Å². The molecule has 2 aliphatic rings. The number of phosphoric acid groups is 1. The van der Waals surface area contributed by atoms with E-state index in [1.165, 1.54) is 33.7 Å². The fourth-order valence-electron chi connectivity index (χ4n) is 6.67. The highest BCUT2D eigenvalue weighted by atomic mass is 31.2. The zero-order valence-electron chi connectivity index (χ0n) is 34.6. The normalized spacial score (nSPS) is 27.3. The number of rotatable bonds is 16. The topological polar surface area (TPSA) is 202 Å². The van der Waals surface area contributed by atoms with Gasteiger partial charge < -0.3 is 19.0 Å². The third kappa shape index (κ3) is 9.40. The molecule has 4 heterocycles. The molecule has 16 nitrogen and oxygen atoms in total. The summed E-state index contributed by atoms with van der Waals surface area (Å²) in [7, 11) is -9.76. The molecule has 3 N–H and O–H groups in total. The third-order valence-corrected chi connectivity index (χ3v) is 24.6. The van der Waals surface area contributed by atoms with Crippen LogP contribution in [-0.2, 0) is 32.0 Å². The number of hydrogen-bond acceptors (Lipinski definition) is 12. The number of aliphatic hydroxyl groups is 1. The van der Waals surface area contributed by atoms with Crippen molar-refractivity contribution in [3.05, 3.63) is 91.0 Å². The van der Waals surface area contributed by atoms with Crippen molar-refractivity contribution in [2.45, 2.75) is 134 Å². The first kappa shape index (κ1) is 45.9. The first-order valence-corrected chi connectivity index (χ1v) is 26.2. The lowest BCUT2D eigenvalue weighted by molar-refractivity contribution is -0.0673. The molecule has 8 atom stereocenters. The van der Waals surface area contributed by atoms with Crippen LogP contribution >= 0.6 is 7.82 Å². The van der Waals surface area contributed by atoms with E-state index in [0.29, 0.717) is 0 Å². The SMILES string of the molecule is C=CCOP(=O)(OC[C@H]1O[C@@H](n2cc(C)c(=O)[nH]c2=O)C[C@@]1(O)[Si](C)(C)C(C)(C)C)O[C@H]1[C@@H](CC=C)[C@H](n2ccc(=O)[nH]c2=O)O[C@@H]1CO[Si](C)(C)C(C)(C)C. The van der Waals surface area contributed by atoms with Crippen LogP contribution in [0, 0.1) is 12.8 Å². The van der Waals surface area contributed by atoms with Gasteiger partial charge in [0.05, 0.1) is 33.1 Å². The summed E-state index contributed by atoms with van der Waals surface area (Å²) in [5, 5.41) is 10.6. The van der Waals surface area contributed by atoms with E-state index < -0.39 is 95.2 Å². The highest BCUT2D eigenvalue weighted by molar-refractivity contribution is 7.48. The van der Waals surface area contributed by atoms with Gasteiger partial charge in [0.25, 0.3) is 11.1 Å². The molecule has 0 aromatic carbocycles. The van der Waals surface area contributed by atoms with E-state index in [-0.39, 0.29) is 41.7 Å². The standard InChI is InChI=1S/C37H61N4O12PSi2/c1-14-16-25-30(26(22-50-56(12,13)36(7,8)9)51-32(25)40-18-17-28(42)38-33(40)44)53-54(47,48-19-15-2)49-23-27-37(46,55(10,11)35(4,5)6)20-29(52-27)41-21-24(3)31(43)39-34(41)45/h14-15,17-18,21,25-27,29-30,32,46H,1-2,16,19-20,22-23H2,3-13H3,(H,38,42,44)(H,39,43,45)/t25-,26-,27-,29-,30+,32-,37-,54?/m1/s1. The van der Waals surface area contributed by atoms with Crippen molar-refractivity contribution in [1.29, 1.82) is 0 Å². The number of phosphoric ester groups is 1. The Hall–Kier alpha value is -2.78. The van der Waals surface area contributed by atoms with E-state index in [2.05, 4.69) is 57.0 Å². The Morgan fingerprint density at radius 1 is 0.964 bits per heavy atom. The molecule has 2 aromatic heterocycles. The van der Waals surface area contributed by atoms with Gasteiger partial charge >= 0.3 is 19.2 Å². The summed E-state index contributed by atoms with van der Waals surface area (Å²) < 4.78 is 55.1. The molecule has 4 rings (SSSR count). The molecule has 0 aliphatic carbocycles. The first-order chi connectivity index (χ1) is 25.7. The molecule has 2 fully saturated rings. The minimum absolute atomic E-state index is 0.0107. The predicted molar refractivity (Wildman–Crippen MR) is 218 cm³/mol. The van der Waals surface area contributed by atoms with Crippen LogP contribution in [0.3, 0.4) is 0 Å². The first-order valence-electron chi connectivity index (χ1n) is 18.8. The van der Waals surface area contributed by atoms with Crippen molar-refractivity contribution in [1.82, 2.24) is 19.1 Å². The second-order valence-electron chi connectivity index (χ2n) is 17.8. The Labute approximate surface area is 330 Å². The third-order valence-electron chi connectivity index (χ3n) is 12.2. The van der Waals surface area contributed by atoms with Crippen molar-refractivity contribution in [3.8, 4) is 0 Å². The Morgan fingerprint density at radius 3 is 2.18 bits per heavy atom. The smallest absolute Gasteiger partial charge is 0.414 e. The molecule has 0 saturated carbocycles. The second kappa shape index (κ2) is 16.8. The number of nitrogens with one attached hydrogen (secondary N) is 2. The molecule has 1 unspecified atom stereocenters. The van der Waals surface area contributed by atoms with Crippen molar-refractivity contribution >= 4 is 24.2 Å². The second-order valence-corrected chi connectivity index (χ2v) is 29.8. The highest BCUT2D eigenvalue weighted by Gasteiger charge is 2.62. The van der Waals surface area contributed by atoms with E-state index in [4.69, 9.17) is 27.5 Å². The van der Waals surface area contributed by atoms with E-state index in [0.717, 1.165) is 0 Å². The number of aromatic amines is 2. The molecule has 19 heteroatoms. The summed E-state index contributed by atoms with van der Waals surface area (Å²) in [6, 6.07) is 1.20. The minimum atomic E-state index is -4.60. The fraction of sp³-hybridized carbons (Fsp3) is 0.676. The lowest BCUT2D eigenvalue weighted by Crippen LogP contribution is -2.64. The van der Waals surface area contributed by atoms with Gasteiger partial charge in [0.15, 0.2) is 8.32 Å². The van der Waals surface area contributed by atoms with E-state index in [1.807, 2.05) is 33.9 Å². The van der Waals surface area contributed by atoms with Crippen molar-refractivity contribution < 1.29 is 37.1 Å².